The van der Waals surface area contributed by atoms with Crippen LogP contribution < -0.4 is 5.73 Å². The average molecular weight is 161 g/mol. The van der Waals surface area contributed by atoms with E-state index in [0.29, 0.717) is 6.54 Å². The SMILES string of the molecule is NCCn1cccc2ccnc1-2. The molecule has 0 aromatic heterocycles. The van der Waals surface area contributed by atoms with Gasteiger partial charge in [-0.2, -0.15) is 0 Å². The minimum absolute atomic E-state index is 0.649. The molecule has 62 valence electrons. The van der Waals surface area contributed by atoms with Crippen LogP contribution >= 0.6 is 0 Å². The molecule has 0 atom stereocenters. The first-order valence-corrected chi connectivity index (χ1v) is 4.02. The first-order valence-electron chi connectivity index (χ1n) is 4.02. The molecule has 0 saturated heterocycles. The Morgan fingerprint density at radius 2 is 2.33 bits per heavy atom. The van der Waals surface area contributed by atoms with Gasteiger partial charge in [0.2, 0.25) is 0 Å². The summed E-state index contributed by atoms with van der Waals surface area (Å²) in [7, 11) is 0. The lowest BCUT2D eigenvalue weighted by molar-refractivity contribution is 0.701. The molecule has 3 nitrogen and oxygen atoms in total. The van der Waals surface area contributed by atoms with Gasteiger partial charge in [-0.3, -0.25) is 0 Å². The number of nitrogens with zero attached hydrogens (tertiary/aromatic N) is 2. The molecule has 2 rings (SSSR count). The number of nitrogens with two attached hydrogens (primary N) is 1. The molecule has 0 aromatic rings. The van der Waals surface area contributed by atoms with E-state index < -0.39 is 0 Å². The third-order valence-corrected chi connectivity index (χ3v) is 1.89. The van der Waals surface area contributed by atoms with Gasteiger partial charge < -0.3 is 10.3 Å². The van der Waals surface area contributed by atoms with Crippen LogP contribution in [-0.4, -0.2) is 16.1 Å². The van der Waals surface area contributed by atoms with Gasteiger partial charge in [0.1, 0.15) is 5.82 Å². The maximum atomic E-state index is 5.47. The normalized spacial score (nSPS) is 10.8. The molecule has 2 aliphatic rings. The molecular weight excluding hydrogens is 150 g/mol. The zero-order chi connectivity index (χ0) is 8.39. The maximum Gasteiger partial charge on any atom is 0.139 e. The fourth-order valence-electron chi connectivity index (χ4n) is 1.35. The van der Waals surface area contributed by atoms with Crippen molar-refractivity contribution in [2.24, 2.45) is 5.73 Å². The Labute approximate surface area is 71.2 Å². The Bertz CT molecular complexity index is 340. The molecule has 0 saturated carbocycles. The molecule has 12 heavy (non-hydrogen) atoms. The predicted molar refractivity (Wildman–Crippen MR) is 47.9 cm³/mol. The van der Waals surface area contributed by atoms with Crippen LogP contribution in [0.2, 0.25) is 0 Å². The van der Waals surface area contributed by atoms with Gasteiger partial charge in [0.05, 0.1) is 0 Å². The Kier molecular flexibility index (Phi) is 1.80. The quantitative estimate of drug-likeness (QED) is 0.712. The van der Waals surface area contributed by atoms with Crippen LogP contribution in [0.15, 0.2) is 30.6 Å². The summed E-state index contributed by atoms with van der Waals surface area (Å²) >= 11 is 0. The summed E-state index contributed by atoms with van der Waals surface area (Å²) in [6.45, 7) is 1.48. The van der Waals surface area contributed by atoms with Crippen molar-refractivity contribution in [3.05, 3.63) is 30.6 Å². The van der Waals surface area contributed by atoms with E-state index >= 15 is 0 Å². The minimum atomic E-state index is 0.649. The van der Waals surface area contributed by atoms with Crippen LogP contribution in [0.4, 0.5) is 0 Å². The van der Waals surface area contributed by atoms with Gasteiger partial charge >= 0.3 is 0 Å². The summed E-state index contributed by atoms with van der Waals surface area (Å²) in [5.74, 6) is 1.02. The van der Waals surface area contributed by atoms with Crippen LogP contribution in [0.5, 0.6) is 0 Å². The van der Waals surface area contributed by atoms with E-state index in [1.54, 1.807) is 0 Å². The highest BCUT2D eigenvalue weighted by Gasteiger charge is 2.05. The molecule has 0 amide bonds. The van der Waals surface area contributed by atoms with Gasteiger partial charge in [-0.15, -0.1) is 0 Å². The molecule has 2 N–H and O–H groups in total. The number of fused-ring (bicyclic) bond motifs is 1. The summed E-state index contributed by atoms with van der Waals surface area (Å²) in [4.78, 5) is 4.24. The highest BCUT2D eigenvalue weighted by molar-refractivity contribution is 5.56. The second-order valence-electron chi connectivity index (χ2n) is 2.71. The Hall–Kier alpha value is -1.35. The Morgan fingerprint density at radius 1 is 1.42 bits per heavy atom. The monoisotopic (exact) mass is 161 g/mol. The van der Waals surface area contributed by atoms with E-state index in [0.717, 1.165) is 12.4 Å². The number of aromatic nitrogens is 2. The van der Waals surface area contributed by atoms with Crippen molar-refractivity contribution in [1.29, 1.82) is 0 Å². The topological polar surface area (TPSA) is 43.8 Å². The average Bonchev–Trinajstić information content (AvgIpc) is 2.53. The van der Waals surface area contributed by atoms with Gasteiger partial charge in [0.15, 0.2) is 0 Å². The van der Waals surface area contributed by atoms with Gasteiger partial charge in [0, 0.05) is 31.0 Å². The van der Waals surface area contributed by atoms with Gasteiger partial charge in [-0.1, -0.05) is 0 Å². The fraction of sp³-hybridized carbons (Fsp3) is 0.222. The van der Waals surface area contributed by atoms with Gasteiger partial charge in [-0.25, -0.2) is 4.98 Å². The van der Waals surface area contributed by atoms with E-state index in [1.807, 2.05) is 24.5 Å². The van der Waals surface area contributed by atoms with Crippen molar-refractivity contribution in [1.82, 2.24) is 9.55 Å². The Balaban J connectivity index is 2.48. The first kappa shape index (κ1) is 7.31. The molecule has 0 aliphatic carbocycles. The van der Waals surface area contributed by atoms with E-state index in [2.05, 4.69) is 15.6 Å². The van der Waals surface area contributed by atoms with Crippen LogP contribution in [0.1, 0.15) is 0 Å². The molecule has 2 aliphatic heterocycles. The molecule has 0 radical (unpaired) electrons. The summed E-state index contributed by atoms with van der Waals surface area (Å²) in [5, 5.41) is 0. The number of hydrogen-bond acceptors (Lipinski definition) is 2. The fourth-order valence-corrected chi connectivity index (χ4v) is 1.35. The van der Waals surface area contributed by atoms with Gasteiger partial charge in [0.25, 0.3) is 0 Å². The summed E-state index contributed by atoms with van der Waals surface area (Å²) in [5.41, 5.74) is 6.64. The van der Waals surface area contributed by atoms with Crippen LogP contribution in [0.25, 0.3) is 11.4 Å². The highest BCUT2D eigenvalue weighted by Crippen LogP contribution is 2.18. The summed E-state index contributed by atoms with van der Waals surface area (Å²) < 4.78 is 2.06. The van der Waals surface area contributed by atoms with E-state index in [9.17, 15) is 0 Å². The van der Waals surface area contributed by atoms with Crippen molar-refractivity contribution in [2.75, 3.05) is 6.54 Å². The molecule has 2 heterocycles. The summed E-state index contributed by atoms with van der Waals surface area (Å²) in [6, 6.07) is 6.07. The van der Waals surface area contributed by atoms with E-state index in [4.69, 9.17) is 5.73 Å². The van der Waals surface area contributed by atoms with Gasteiger partial charge in [-0.05, 0) is 18.2 Å². The third kappa shape index (κ3) is 1.08. The molecule has 0 aromatic carbocycles. The second-order valence-corrected chi connectivity index (χ2v) is 2.71. The van der Waals surface area contributed by atoms with E-state index in [-0.39, 0.29) is 0 Å². The second kappa shape index (κ2) is 2.95. The minimum Gasteiger partial charge on any atom is -0.331 e. The number of pyridine rings is 1. The lowest BCUT2D eigenvalue weighted by atomic mass is 10.2. The van der Waals surface area contributed by atoms with Crippen LogP contribution in [-0.2, 0) is 6.54 Å². The van der Waals surface area contributed by atoms with Crippen LogP contribution in [0.3, 0.4) is 0 Å². The van der Waals surface area contributed by atoms with Crippen molar-refractivity contribution in [3.63, 3.8) is 0 Å². The molecule has 0 bridgehead atoms. The van der Waals surface area contributed by atoms with Crippen LogP contribution in [0, 0.1) is 0 Å². The van der Waals surface area contributed by atoms with Crippen molar-refractivity contribution in [2.45, 2.75) is 6.54 Å². The molecule has 0 spiro atoms. The Morgan fingerprint density at radius 3 is 3.17 bits per heavy atom. The largest absolute Gasteiger partial charge is 0.331 e. The molecule has 0 unspecified atom stereocenters. The predicted octanol–water partition coefficient (Wildman–Crippen LogP) is 0.947. The zero-order valence-corrected chi connectivity index (χ0v) is 6.77. The summed E-state index contributed by atoms with van der Waals surface area (Å²) in [6.07, 6.45) is 3.82. The molecule has 0 fully saturated rings. The third-order valence-electron chi connectivity index (χ3n) is 1.89. The highest BCUT2D eigenvalue weighted by atomic mass is 15.0. The molecular formula is C9H11N3. The van der Waals surface area contributed by atoms with Crippen molar-refractivity contribution < 1.29 is 0 Å². The lowest BCUT2D eigenvalue weighted by Gasteiger charge is -2.08. The van der Waals surface area contributed by atoms with Crippen molar-refractivity contribution in [3.8, 4) is 11.4 Å². The lowest BCUT2D eigenvalue weighted by Crippen LogP contribution is -2.11. The maximum absolute atomic E-state index is 5.47. The molecule has 3 heteroatoms. The number of hydrogen-bond donors (Lipinski definition) is 1. The van der Waals surface area contributed by atoms with Crippen molar-refractivity contribution >= 4 is 0 Å². The van der Waals surface area contributed by atoms with E-state index in [1.165, 1.54) is 5.56 Å². The standard InChI is InChI=1S/C9H11N3/c10-4-7-12-6-1-2-8-3-5-11-9(8)12/h1-3,5-6H,4,7,10H2. The first-order chi connectivity index (χ1) is 5.92. The smallest absolute Gasteiger partial charge is 0.139 e. The zero-order valence-electron chi connectivity index (χ0n) is 6.77. The number of rotatable bonds is 2.